The molecule has 7 rings (SSSR count). The maximum absolute atomic E-state index is 12.9. The number of carbonyl (C=O) groups excluding carboxylic acids is 3. The molecule has 0 saturated heterocycles. The molecule has 0 bridgehead atoms. The number of fused-ring (bicyclic) bond motifs is 1. The number of allylic oxidation sites excluding steroid dienone is 2. The molecule has 4 unspecified atom stereocenters. The number of aryl methyl sites for hydroxylation is 4. The predicted octanol–water partition coefficient (Wildman–Crippen LogP) is 8.72. The van der Waals surface area contributed by atoms with Gasteiger partial charge in [-0.25, -0.2) is 0 Å². The summed E-state index contributed by atoms with van der Waals surface area (Å²) in [6.07, 6.45) is 11.1. The Balaban J connectivity index is 0.000000160. The molecule has 4 atom stereocenters. The van der Waals surface area contributed by atoms with Crippen LogP contribution in [0.4, 0.5) is 0 Å². The first kappa shape index (κ1) is 31.8. The maximum Gasteiger partial charge on any atom is 0.309 e. The minimum absolute atomic E-state index is 0.0434. The van der Waals surface area contributed by atoms with Crippen LogP contribution < -0.4 is 0 Å². The molecule has 1 N–H and O–H groups in total. The van der Waals surface area contributed by atoms with Crippen LogP contribution in [0.2, 0.25) is 0 Å². The van der Waals surface area contributed by atoms with E-state index in [1.165, 1.54) is 47.9 Å². The Morgan fingerprint density at radius 3 is 1.78 bits per heavy atom. The number of ether oxygens (including phenoxy) is 1. The topological polar surface area (TPSA) is 80.7 Å². The Bertz CT molecular complexity index is 1490. The van der Waals surface area contributed by atoms with E-state index in [1.807, 2.05) is 6.92 Å². The highest BCUT2D eigenvalue weighted by Gasteiger charge is 2.46. The van der Waals surface area contributed by atoms with Crippen molar-refractivity contribution in [3.05, 3.63) is 74.5 Å². The van der Waals surface area contributed by atoms with E-state index in [-0.39, 0.29) is 41.2 Å². The average Bonchev–Trinajstić information content (AvgIpc) is 3.91. The fraction of sp³-hybridized carbons (Fsp3) is 0.575. The van der Waals surface area contributed by atoms with Crippen molar-refractivity contribution in [3.8, 4) is 0 Å². The van der Waals surface area contributed by atoms with E-state index in [4.69, 9.17) is 4.74 Å². The highest BCUT2D eigenvalue weighted by molar-refractivity contribution is 6.25. The van der Waals surface area contributed by atoms with Crippen molar-refractivity contribution < 1.29 is 24.2 Å². The van der Waals surface area contributed by atoms with Crippen LogP contribution in [-0.4, -0.2) is 29.2 Å². The lowest BCUT2D eigenvalue weighted by atomic mass is 9.86. The van der Waals surface area contributed by atoms with Crippen molar-refractivity contribution in [2.24, 2.45) is 23.7 Å². The fourth-order valence-electron chi connectivity index (χ4n) is 8.53. The average molecular weight is 611 g/mol. The molecule has 0 amide bonds. The zero-order valence-electron chi connectivity index (χ0n) is 27.8. The number of aliphatic hydroxyl groups is 1. The summed E-state index contributed by atoms with van der Waals surface area (Å²) in [5, 5.41) is 10.6. The lowest BCUT2D eigenvalue weighted by Crippen LogP contribution is -2.28. The quantitative estimate of drug-likeness (QED) is 0.302. The van der Waals surface area contributed by atoms with Crippen molar-refractivity contribution in [2.45, 2.75) is 117 Å². The summed E-state index contributed by atoms with van der Waals surface area (Å²) in [5.41, 5.74) is 10.3. The third-order valence-corrected chi connectivity index (χ3v) is 11.2. The van der Waals surface area contributed by atoms with Crippen LogP contribution in [0, 0.1) is 51.4 Å². The summed E-state index contributed by atoms with van der Waals surface area (Å²) < 4.78 is 5.16. The second-order valence-corrected chi connectivity index (χ2v) is 14.5. The van der Waals surface area contributed by atoms with Gasteiger partial charge >= 0.3 is 5.97 Å². The number of Topliss-reactive ketones (excluding diaryl/α,β-unsaturated/α-hetero) is 2. The zero-order valence-corrected chi connectivity index (χ0v) is 27.8. The van der Waals surface area contributed by atoms with Crippen LogP contribution in [0.3, 0.4) is 0 Å². The highest BCUT2D eigenvalue weighted by atomic mass is 16.5. The predicted molar refractivity (Wildman–Crippen MR) is 177 cm³/mol. The van der Waals surface area contributed by atoms with Crippen LogP contribution in [0.1, 0.15) is 127 Å². The third-order valence-electron chi connectivity index (χ3n) is 11.2. The van der Waals surface area contributed by atoms with E-state index in [0.717, 1.165) is 72.6 Å². The van der Waals surface area contributed by atoms with Gasteiger partial charge in [-0.05, 0) is 142 Å². The highest BCUT2D eigenvalue weighted by Crippen LogP contribution is 2.49. The fourth-order valence-corrected chi connectivity index (χ4v) is 8.53. The van der Waals surface area contributed by atoms with Crippen molar-refractivity contribution in [3.63, 3.8) is 0 Å². The summed E-state index contributed by atoms with van der Waals surface area (Å²) in [4.78, 5) is 37.7. The molecule has 45 heavy (non-hydrogen) atoms. The normalized spacial score (nSPS) is 25.7. The van der Waals surface area contributed by atoms with Crippen LogP contribution in [0.25, 0.3) is 5.57 Å². The van der Waals surface area contributed by atoms with Gasteiger partial charge in [0, 0.05) is 24.2 Å². The SMILES string of the molecule is CCOC(=O)C1CCCC1C(=O)Cc1c(C)cc(C2CC2)cc1C.Cc1cc(C2CC2)cc(C)c1C1=C(O)C2CCCC2C1=O. The van der Waals surface area contributed by atoms with Gasteiger partial charge in [-0.1, -0.05) is 37.1 Å². The van der Waals surface area contributed by atoms with Gasteiger partial charge in [-0.3, -0.25) is 14.4 Å². The van der Waals surface area contributed by atoms with Crippen LogP contribution >= 0.6 is 0 Å². The van der Waals surface area contributed by atoms with E-state index in [2.05, 4.69) is 52.0 Å². The zero-order chi connectivity index (χ0) is 32.0. The summed E-state index contributed by atoms with van der Waals surface area (Å²) in [7, 11) is 0. The molecule has 0 radical (unpaired) electrons. The Morgan fingerprint density at radius 2 is 1.24 bits per heavy atom. The number of aliphatic hydroxyl groups excluding tert-OH is 1. The Labute approximate surface area is 268 Å². The number of carbonyl (C=O) groups is 3. The molecular weight excluding hydrogens is 560 g/mol. The van der Waals surface area contributed by atoms with E-state index < -0.39 is 0 Å². The molecule has 4 fully saturated rings. The standard InChI is InChI=1S/C21H28O3.C19H22O2/c1-4-24-21(23)18-7-5-6-17(18)20(22)12-19-13(2)10-16(11-14(19)3)15-8-9-15;1-10-8-13(12-6-7-12)9-11(2)16(10)17-18(20)14-4-3-5-15(14)19(17)21/h10-11,15,17-18H,4-9,12H2,1-3H3;8-9,12,14-15,20H,3-7H2,1-2H3. The van der Waals surface area contributed by atoms with Crippen molar-refractivity contribution in [2.75, 3.05) is 6.61 Å². The molecule has 0 spiro atoms. The molecule has 0 aliphatic heterocycles. The molecule has 5 nitrogen and oxygen atoms in total. The van der Waals surface area contributed by atoms with Crippen LogP contribution in [0.15, 0.2) is 30.0 Å². The van der Waals surface area contributed by atoms with E-state index >= 15 is 0 Å². The third kappa shape index (κ3) is 6.42. The Hall–Kier alpha value is -3.21. The number of esters is 1. The second-order valence-electron chi connectivity index (χ2n) is 14.5. The number of rotatable bonds is 8. The minimum atomic E-state index is -0.233. The molecule has 2 aromatic carbocycles. The largest absolute Gasteiger partial charge is 0.511 e. The van der Waals surface area contributed by atoms with E-state index in [9.17, 15) is 19.5 Å². The minimum Gasteiger partial charge on any atom is -0.511 e. The molecule has 240 valence electrons. The van der Waals surface area contributed by atoms with E-state index in [0.29, 0.717) is 24.4 Å². The van der Waals surface area contributed by atoms with Gasteiger partial charge in [0.15, 0.2) is 5.78 Å². The van der Waals surface area contributed by atoms with Crippen molar-refractivity contribution in [1.29, 1.82) is 0 Å². The van der Waals surface area contributed by atoms with E-state index in [1.54, 1.807) is 0 Å². The summed E-state index contributed by atoms with van der Waals surface area (Å²) in [6.45, 7) is 10.6. The molecule has 4 saturated carbocycles. The first-order valence-corrected chi connectivity index (χ1v) is 17.5. The second kappa shape index (κ2) is 12.9. The first-order valence-electron chi connectivity index (χ1n) is 17.5. The van der Waals surface area contributed by atoms with Gasteiger partial charge in [0.25, 0.3) is 0 Å². The molecule has 5 aliphatic carbocycles. The lowest BCUT2D eigenvalue weighted by molar-refractivity contribution is -0.151. The maximum atomic E-state index is 12.9. The molecule has 2 aromatic rings. The number of hydrogen-bond donors (Lipinski definition) is 1. The molecule has 0 heterocycles. The van der Waals surface area contributed by atoms with Gasteiger partial charge in [0.2, 0.25) is 0 Å². The van der Waals surface area contributed by atoms with Gasteiger partial charge in [0.1, 0.15) is 11.5 Å². The monoisotopic (exact) mass is 610 g/mol. The number of benzene rings is 2. The molecule has 0 aromatic heterocycles. The molecule has 5 heteroatoms. The number of hydrogen-bond acceptors (Lipinski definition) is 5. The Morgan fingerprint density at radius 1 is 0.733 bits per heavy atom. The van der Waals surface area contributed by atoms with Crippen LogP contribution in [-0.2, 0) is 25.5 Å². The van der Waals surface area contributed by atoms with Crippen LogP contribution in [0.5, 0.6) is 0 Å². The molecular formula is C40H50O5. The smallest absolute Gasteiger partial charge is 0.309 e. The van der Waals surface area contributed by atoms with Crippen molar-refractivity contribution >= 4 is 23.1 Å². The first-order chi connectivity index (χ1) is 21.6. The van der Waals surface area contributed by atoms with Gasteiger partial charge in [0.05, 0.1) is 18.1 Å². The Kier molecular flexibility index (Phi) is 9.10. The van der Waals surface area contributed by atoms with Gasteiger partial charge in [-0.2, -0.15) is 0 Å². The summed E-state index contributed by atoms with van der Waals surface area (Å²) in [5.74, 6) is 1.76. The summed E-state index contributed by atoms with van der Waals surface area (Å²) >= 11 is 0. The van der Waals surface area contributed by atoms with Crippen molar-refractivity contribution in [1.82, 2.24) is 0 Å². The molecule has 5 aliphatic rings. The number of ketones is 2. The lowest BCUT2D eigenvalue weighted by Gasteiger charge is -2.19. The van der Waals surface area contributed by atoms with Gasteiger partial charge < -0.3 is 9.84 Å². The summed E-state index contributed by atoms with van der Waals surface area (Å²) in [6, 6.07) is 8.96. The van der Waals surface area contributed by atoms with Gasteiger partial charge in [-0.15, -0.1) is 0 Å².